The van der Waals surface area contributed by atoms with Crippen molar-refractivity contribution in [1.29, 1.82) is 0 Å². The summed E-state index contributed by atoms with van der Waals surface area (Å²) in [5.41, 5.74) is 7.23. The van der Waals surface area contributed by atoms with Crippen molar-refractivity contribution in [3.8, 4) is 5.75 Å². The second-order valence-corrected chi connectivity index (χ2v) is 5.07. The number of fused-ring (bicyclic) bond motifs is 1. The van der Waals surface area contributed by atoms with Crippen LogP contribution in [0.1, 0.15) is 18.4 Å². The molecule has 0 spiro atoms. The van der Waals surface area contributed by atoms with E-state index < -0.39 is 0 Å². The highest BCUT2D eigenvalue weighted by Gasteiger charge is 2.35. The molecule has 0 bridgehead atoms. The maximum atomic E-state index is 5.93. The maximum Gasteiger partial charge on any atom is 0.123 e. The van der Waals surface area contributed by atoms with Gasteiger partial charge in [0, 0.05) is 31.2 Å². The first kappa shape index (κ1) is 11.1. The van der Waals surface area contributed by atoms with Crippen LogP contribution in [-0.2, 0) is 6.54 Å². The Balaban J connectivity index is 1.79. The summed E-state index contributed by atoms with van der Waals surface area (Å²) in [5.74, 6) is 1.87. The first-order valence-corrected chi connectivity index (χ1v) is 6.53. The van der Waals surface area contributed by atoms with Crippen LogP contribution in [0, 0.1) is 5.92 Å². The lowest BCUT2D eigenvalue weighted by Crippen LogP contribution is -2.42. The molecule has 0 aromatic heterocycles. The quantitative estimate of drug-likeness (QED) is 0.860. The second-order valence-electron chi connectivity index (χ2n) is 5.07. The summed E-state index contributed by atoms with van der Waals surface area (Å²) in [7, 11) is 0. The predicted molar refractivity (Wildman–Crippen MR) is 67.9 cm³/mol. The highest BCUT2D eigenvalue weighted by molar-refractivity contribution is 5.33. The van der Waals surface area contributed by atoms with E-state index in [0.717, 1.165) is 37.9 Å². The van der Waals surface area contributed by atoms with Crippen molar-refractivity contribution in [1.82, 2.24) is 4.90 Å². The molecule has 1 unspecified atom stereocenters. The molecule has 2 N–H and O–H groups in total. The molecule has 3 nitrogen and oxygen atoms in total. The van der Waals surface area contributed by atoms with Gasteiger partial charge in [0.15, 0.2) is 0 Å². The van der Waals surface area contributed by atoms with Crippen molar-refractivity contribution in [3.63, 3.8) is 0 Å². The first-order valence-electron chi connectivity index (χ1n) is 6.53. The van der Waals surface area contributed by atoms with Gasteiger partial charge >= 0.3 is 0 Å². The van der Waals surface area contributed by atoms with Crippen LogP contribution in [0.15, 0.2) is 24.3 Å². The van der Waals surface area contributed by atoms with Crippen molar-refractivity contribution in [2.75, 3.05) is 19.7 Å². The molecule has 1 fully saturated rings. The van der Waals surface area contributed by atoms with Crippen LogP contribution < -0.4 is 10.5 Å². The van der Waals surface area contributed by atoms with Gasteiger partial charge in [-0.25, -0.2) is 0 Å². The number of para-hydroxylation sites is 1. The number of hydrogen-bond donors (Lipinski definition) is 1. The summed E-state index contributed by atoms with van der Waals surface area (Å²) in [4.78, 5) is 2.50. The first-order chi connectivity index (χ1) is 8.38. The number of ether oxygens (including phenoxy) is 1. The molecule has 0 amide bonds. The Bertz CT molecular complexity index is 390. The van der Waals surface area contributed by atoms with E-state index in [0.29, 0.717) is 6.04 Å². The Morgan fingerprint density at radius 3 is 2.94 bits per heavy atom. The van der Waals surface area contributed by atoms with Gasteiger partial charge in [-0.05, 0) is 24.8 Å². The smallest absolute Gasteiger partial charge is 0.123 e. The van der Waals surface area contributed by atoms with Gasteiger partial charge in [0.25, 0.3) is 0 Å². The van der Waals surface area contributed by atoms with Crippen molar-refractivity contribution in [2.45, 2.75) is 25.4 Å². The fraction of sp³-hybridized carbons (Fsp3) is 0.571. The lowest BCUT2D eigenvalue weighted by Gasteiger charge is -2.29. The molecular weight excluding hydrogens is 212 g/mol. The number of hydrogen-bond acceptors (Lipinski definition) is 3. The molecule has 1 aromatic rings. The van der Waals surface area contributed by atoms with Crippen LogP contribution in [0.3, 0.4) is 0 Å². The van der Waals surface area contributed by atoms with E-state index in [4.69, 9.17) is 10.5 Å². The molecule has 1 aliphatic heterocycles. The Kier molecular flexibility index (Phi) is 3.04. The van der Waals surface area contributed by atoms with Crippen LogP contribution >= 0.6 is 0 Å². The predicted octanol–water partition coefficient (Wildman–Crippen LogP) is 1.62. The molecule has 3 heteroatoms. The fourth-order valence-corrected chi connectivity index (χ4v) is 2.75. The van der Waals surface area contributed by atoms with E-state index in [1.165, 1.54) is 18.4 Å². The van der Waals surface area contributed by atoms with Gasteiger partial charge in [-0.3, -0.25) is 4.90 Å². The van der Waals surface area contributed by atoms with Crippen LogP contribution in [0.4, 0.5) is 0 Å². The number of nitrogens with zero attached hydrogens (tertiary/aromatic N) is 1. The van der Waals surface area contributed by atoms with E-state index in [2.05, 4.69) is 23.1 Å². The summed E-state index contributed by atoms with van der Waals surface area (Å²) in [6, 6.07) is 8.89. The SMILES string of the molecule is NCC(C1CC1)N1CCOc2ccccc2C1. The Labute approximate surface area is 103 Å². The molecule has 1 aliphatic carbocycles. The average molecular weight is 232 g/mol. The Morgan fingerprint density at radius 1 is 1.35 bits per heavy atom. The van der Waals surface area contributed by atoms with Crippen LogP contribution in [0.2, 0.25) is 0 Å². The van der Waals surface area contributed by atoms with Gasteiger partial charge in [-0.2, -0.15) is 0 Å². The molecule has 1 aromatic carbocycles. The summed E-state index contributed by atoms with van der Waals surface area (Å²) < 4.78 is 5.79. The third kappa shape index (κ3) is 2.31. The third-order valence-electron chi connectivity index (χ3n) is 3.86. The monoisotopic (exact) mass is 232 g/mol. The van der Waals surface area contributed by atoms with Gasteiger partial charge < -0.3 is 10.5 Å². The minimum absolute atomic E-state index is 0.546. The van der Waals surface area contributed by atoms with Gasteiger partial charge in [-0.15, -0.1) is 0 Å². The van der Waals surface area contributed by atoms with E-state index in [1.807, 2.05) is 6.07 Å². The Hall–Kier alpha value is -1.06. The topological polar surface area (TPSA) is 38.5 Å². The lowest BCUT2D eigenvalue weighted by atomic mass is 10.1. The molecule has 1 heterocycles. The summed E-state index contributed by atoms with van der Waals surface area (Å²) in [6.45, 7) is 3.52. The highest BCUT2D eigenvalue weighted by atomic mass is 16.5. The van der Waals surface area contributed by atoms with Crippen molar-refractivity contribution >= 4 is 0 Å². The molecule has 1 atom stereocenters. The number of nitrogens with two attached hydrogens (primary N) is 1. The lowest BCUT2D eigenvalue weighted by molar-refractivity contribution is 0.156. The van der Waals surface area contributed by atoms with Gasteiger partial charge in [-0.1, -0.05) is 18.2 Å². The Morgan fingerprint density at radius 2 is 2.18 bits per heavy atom. The molecule has 1 saturated carbocycles. The zero-order chi connectivity index (χ0) is 11.7. The summed E-state index contributed by atoms with van der Waals surface area (Å²) in [6.07, 6.45) is 2.70. The van der Waals surface area contributed by atoms with E-state index in [-0.39, 0.29) is 0 Å². The zero-order valence-electron chi connectivity index (χ0n) is 10.1. The molecular formula is C14H20N2O. The highest BCUT2D eigenvalue weighted by Crippen LogP contribution is 2.36. The summed E-state index contributed by atoms with van der Waals surface area (Å²) >= 11 is 0. The zero-order valence-corrected chi connectivity index (χ0v) is 10.1. The molecule has 0 radical (unpaired) electrons. The van der Waals surface area contributed by atoms with Gasteiger partial charge in [0.05, 0.1) is 0 Å². The van der Waals surface area contributed by atoms with E-state index in [9.17, 15) is 0 Å². The molecule has 92 valence electrons. The van der Waals surface area contributed by atoms with Crippen molar-refractivity contribution in [2.24, 2.45) is 11.7 Å². The largest absolute Gasteiger partial charge is 0.492 e. The number of benzene rings is 1. The maximum absolute atomic E-state index is 5.93. The van der Waals surface area contributed by atoms with Crippen LogP contribution in [-0.4, -0.2) is 30.6 Å². The average Bonchev–Trinajstić information content (AvgIpc) is 3.16. The minimum Gasteiger partial charge on any atom is -0.492 e. The van der Waals surface area contributed by atoms with Gasteiger partial charge in [0.2, 0.25) is 0 Å². The fourth-order valence-electron chi connectivity index (χ4n) is 2.75. The minimum atomic E-state index is 0.546. The number of rotatable bonds is 3. The molecule has 0 saturated heterocycles. The molecule has 17 heavy (non-hydrogen) atoms. The van der Waals surface area contributed by atoms with Gasteiger partial charge in [0.1, 0.15) is 12.4 Å². The standard InChI is InChI=1S/C14H20N2O/c15-9-13(11-5-6-11)16-7-8-17-14-4-2-1-3-12(14)10-16/h1-4,11,13H,5-10,15H2. The van der Waals surface area contributed by atoms with Crippen LogP contribution in [0.25, 0.3) is 0 Å². The normalized spacial score (nSPS) is 22.4. The van der Waals surface area contributed by atoms with Crippen molar-refractivity contribution < 1.29 is 4.74 Å². The van der Waals surface area contributed by atoms with E-state index in [1.54, 1.807) is 0 Å². The van der Waals surface area contributed by atoms with Crippen LogP contribution in [0.5, 0.6) is 5.75 Å². The van der Waals surface area contributed by atoms with Crippen molar-refractivity contribution in [3.05, 3.63) is 29.8 Å². The third-order valence-corrected chi connectivity index (χ3v) is 3.86. The van der Waals surface area contributed by atoms with E-state index >= 15 is 0 Å². The summed E-state index contributed by atoms with van der Waals surface area (Å²) in [5, 5.41) is 0. The second kappa shape index (κ2) is 4.67. The molecule has 2 aliphatic rings. The molecule has 3 rings (SSSR count).